The first-order valence-corrected chi connectivity index (χ1v) is 17.1. The Hall–Kier alpha value is -3.69. The molecule has 0 saturated heterocycles. The smallest absolute Gasteiger partial charge is 0.224 e. The number of benzene rings is 2. The van der Waals surface area contributed by atoms with Crippen molar-refractivity contribution in [2.45, 2.75) is 68.7 Å². The highest BCUT2D eigenvalue weighted by Gasteiger charge is 2.54. The number of anilines is 3. The maximum Gasteiger partial charge on any atom is 0.224 e. The van der Waals surface area contributed by atoms with Gasteiger partial charge in [0, 0.05) is 61.7 Å². The van der Waals surface area contributed by atoms with Gasteiger partial charge < -0.3 is 21.7 Å². The quantitative estimate of drug-likeness (QED) is 0.0770. The molecule has 9 heteroatoms. The number of rotatable bonds is 16. The standard InChI is InChI=1S/C35H46N8S/c1-4-18-37-28-22-26(40-34(42-28)38-19-5-2)32-30(24-13-9-7-10-14-24)33(31(32)25-15-11-8-12-16-25)27-23-29(44-21-17-36)43-35(41-27)39-20-6-3/h7-16,22-23,30-33H,4-6,17-21,36H2,1-3H3,(H,39,41,43)(H2,37,38,40,42)/t30-,31-,32-,33-/m0/s1. The minimum absolute atomic E-state index is 0.124. The van der Waals surface area contributed by atoms with Crippen molar-refractivity contribution in [2.75, 3.05) is 47.9 Å². The van der Waals surface area contributed by atoms with Crippen LogP contribution in [0.5, 0.6) is 0 Å². The van der Waals surface area contributed by atoms with Crippen LogP contribution < -0.4 is 21.7 Å². The molecule has 232 valence electrons. The molecule has 0 spiro atoms. The van der Waals surface area contributed by atoms with Crippen LogP contribution in [0.4, 0.5) is 17.7 Å². The van der Waals surface area contributed by atoms with Gasteiger partial charge in [-0.2, -0.15) is 4.98 Å². The van der Waals surface area contributed by atoms with Crippen LogP contribution in [0.15, 0.2) is 77.8 Å². The predicted molar refractivity (Wildman–Crippen MR) is 184 cm³/mol. The molecule has 2 aromatic heterocycles. The molecular formula is C35H46N8S. The lowest BCUT2D eigenvalue weighted by atomic mass is 9.50. The molecule has 0 radical (unpaired) electrons. The lowest BCUT2D eigenvalue weighted by molar-refractivity contribution is 0.220. The second-order valence-electron chi connectivity index (χ2n) is 11.3. The highest BCUT2D eigenvalue weighted by molar-refractivity contribution is 7.99. The highest BCUT2D eigenvalue weighted by Crippen LogP contribution is 2.66. The van der Waals surface area contributed by atoms with Gasteiger partial charge >= 0.3 is 0 Å². The SMILES string of the molecule is CCCNc1cc([C@H]2[C@H](c3ccccc3)[C@H](c3cc(SCCN)nc(NCCC)n3)[C@H]2c2ccccc2)nc(NCCC)n1. The van der Waals surface area contributed by atoms with Gasteiger partial charge in [-0.1, -0.05) is 81.4 Å². The number of hydrogen-bond donors (Lipinski definition) is 4. The van der Waals surface area contributed by atoms with Crippen molar-refractivity contribution >= 4 is 29.5 Å². The third-order valence-electron chi connectivity index (χ3n) is 8.06. The van der Waals surface area contributed by atoms with E-state index in [9.17, 15) is 0 Å². The van der Waals surface area contributed by atoms with E-state index in [1.54, 1.807) is 11.8 Å². The summed E-state index contributed by atoms with van der Waals surface area (Å²) in [7, 11) is 0. The normalized spacial score (nSPS) is 19.3. The molecule has 1 saturated carbocycles. The van der Waals surface area contributed by atoms with E-state index < -0.39 is 0 Å². The molecule has 2 atom stereocenters. The zero-order valence-electron chi connectivity index (χ0n) is 26.2. The van der Waals surface area contributed by atoms with E-state index in [2.05, 4.69) is 110 Å². The number of nitrogens with two attached hydrogens (primary N) is 1. The van der Waals surface area contributed by atoms with Crippen LogP contribution in [0.25, 0.3) is 0 Å². The van der Waals surface area contributed by atoms with E-state index in [-0.39, 0.29) is 23.7 Å². The van der Waals surface area contributed by atoms with Crippen LogP contribution in [0.2, 0.25) is 0 Å². The fourth-order valence-corrected chi connectivity index (χ4v) is 6.81. The van der Waals surface area contributed by atoms with Gasteiger partial charge in [0.2, 0.25) is 11.9 Å². The molecule has 2 heterocycles. The Kier molecular flexibility index (Phi) is 11.4. The number of nitrogens with zero attached hydrogens (tertiary/aromatic N) is 4. The van der Waals surface area contributed by atoms with Crippen LogP contribution in [-0.4, -0.2) is 51.9 Å². The number of aromatic nitrogens is 4. The Morgan fingerprint density at radius 3 is 1.64 bits per heavy atom. The molecule has 5 rings (SSSR count). The first kappa shape index (κ1) is 31.7. The third-order valence-corrected chi connectivity index (χ3v) is 9.00. The van der Waals surface area contributed by atoms with Gasteiger partial charge in [0.05, 0.1) is 11.4 Å². The monoisotopic (exact) mass is 610 g/mol. The molecule has 4 aromatic rings. The second-order valence-corrected chi connectivity index (χ2v) is 12.4. The van der Waals surface area contributed by atoms with Crippen LogP contribution in [0.3, 0.4) is 0 Å². The molecule has 0 amide bonds. The Labute approximate surface area is 266 Å². The average Bonchev–Trinajstić information content (AvgIpc) is 3.05. The third kappa shape index (κ3) is 7.50. The van der Waals surface area contributed by atoms with E-state index in [0.717, 1.165) is 66.9 Å². The molecule has 0 unspecified atom stereocenters. The van der Waals surface area contributed by atoms with Crippen molar-refractivity contribution in [2.24, 2.45) is 5.73 Å². The first-order chi connectivity index (χ1) is 21.7. The van der Waals surface area contributed by atoms with Crippen molar-refractivity contribution in [1.82, 2.24) is 19.9 Å². The van der Waals surface area contributed by atoms with Gasteiger partial charge in [0.25, 0.3) is 0 Å². The Balaban J connectivity index is 1.67. The molecule has 44 heavy (non-hydrogen) atoms. The summed E-state index contributed by atoms with van der Waals surface area (Å²) < 4.78 is 0. The summed E-state index contributed by atoms with van der Waals surface area (Å²) in [6.45, 7) is 9.59. The minimum Gasteiger partial charge on any atom is -0.370 e. The minimum atomic E-state index is 0.124. The molecule has 1 aliphatic rings. The summed E-state index contributed by atoms with van der Waals surface area (Å²) in [4.78, 5) is 20.0. The largest absolute Gasteiger partial charge is 0.370 e. The van der Waals surface area contributed by atoms with Gasteiger partial charge in [-0.15, -0.1) is 11.8 Å². The second kappa shape index (κ2) is 15.9. The molecule has 8 nitrogen and oxygen atoms in total. The zero-order valence-corrected chi connectivity index (χ0v) is 27.0. The summed E-state index contributed by atoms with van der Waals surface area (Å²) in [6.07, 6.45) is 3.03. The van der Waals surface area contributed by atoms with E-state index in [1.165, 1.54) is 11.1 Å². The summed E-state index contributed by atoms with van der Waals surface area (Å²) >= 11 is 1.69. The van der Waals surface area contributed by atoms with E-state index in [1.807, 2.05) is 0 Å². The lowest BCUT2D eigenvalue weighted by Gasteiger charge is -2.52. The van der Waals surface area contributed by atoms with Crippen LogP contribution >= 0.6 is 11.8 Å². The van der Waals surface area contributed by atoms with Crippen molar-refractivity contribution in [1.29, 1.82) is 0 Å². The summed E-state index contributed by atoms with van der Waals surface area (Å²) in [5.41, 5.74) is 10.6. The molecule has 1 fully saturated rings. The van der Waals surface area contributed by atoms with Crippen molar-refractivity contribution in [3.05, 3.63) is 95.3 Å². The van der Waals surface area contributed by atoms with Gasteiger partial charge in [0.15, 0.2) is 0 Å². The fraction of sp³-hybridized carbons (Fsp3) is 0.429. The summed E-state index contributed by atoms with van der Waals surface area (Å²) in [5, 5.41) is 11.4. The van der Waals surface area contributed by atoms with Crippen LogP contribution in [0.1, 0.15) is 86.2 Å². The zero-order chi connectivity index (χ0) is 30.7. The maximum atomic E-state index is 5.89. The summed E-state index contributed by atoms with van der Waals surface area (Å²) in [5.74, 6) is 3.62. The van der Waals surface area contributed by atoms with Gasteiger partial charge in [-0.3, -0.25) is 0 Å². The Morgan fingerprint density at radius 2 is 1.11 bits per heavy atom. The first-order valence-electron chi connectivity index (χ1n) is 16.1. The van der Waals surface area contributed by atoms with Gasteiger partial charge in [-0.05, 0) is 36.5 Å². The van der Waals surface area contributed by atoms with E-state index >= 15 is 0 Å². The summed E-state index contributed by atoms with van der Waals surface area (Å²) in [6, 6.07) is 26.1. The maximum absolute atomic E-state index is 5.89. The van der Waals surface area contributed by atoms with Crippen molar-refractivity contribution in [3.63, 3.8) is 0 Å². The fourth-order valence-electron chi connectivity index (χ4n) is 6.13. The predicted octanol–water partition coefficient (Wildman–Crippen LogP) is 7.23. The van der Waals surface area contributed by atoms with E-state index in [0.29, 0.717) is 18.4 Å². The topological polar surface area (TPSA) is 114 Å². The van der Waals surface area contributed by atoms with E-state index in [4.69, 9.17) is 25.7 Å². The van der Waals surface area contributed by atoms with Crippen molar-refractivity contribution in [3.8, 4) is 0 Å². The van der Waals surface area contributed by atoms with Crippen LogP contribution in [-0.2, 0) is 0 Å². The highest BCUT2D eigenvalue weighted by atomic mass is 32.2. The molecular weight excluding hydrogens is 565 g/mol. The Bertz CT molecular complexity index is 1280. The number of thioether (sulfide) groups is 1. The molecule has 5 N–H and O–H groups in total. The van der Waals surface area contributed by atoms with Crippen molar-refractivity contribution < 1.29 is 0 Å². The average molecular weight is 611 g/mol. The Morgan fingerprint density at radius 1 is 0.614 bits per heavy atom. The van der Waals surface area contributed by atoms with Crippen LogP contribution in [0, 0.1) is 0 Å². The molecule has 0 bridgehead atoms. The molecule has 0 aliphatic heterocycles. The van der Waals surface area contributed by atoms with Gasteiger partial charge in [0.1, 0.15) is 10.8 Å². The van der Waals surface area contributed by atoms with Gasteiger partial charge in [-0.25, -0.2) is 15.0 Å². The molecule has 2 aromatic carbocycles. The number of hydrogen-bond acceptors (Lipinski definition) is 9. The molecule has 1 aliphatic carbocycles. The number of nitrogens with one attached hydrogen (secondary N) is 3. The lowest BCUT2D eigenvalue weighted by Crippen LogP contribution is -2.41.